The average Bonchev–Trinajstić information content (AvgIpc) is 2.42. The number of rotatable bonds is 1. The first kappa shape index (κ1) is 9.12. The molecule has 0 fully saturated rings. The van der Waals surface area contributed by atoms with Crippen LogP contribution in [0.5, 0.6) is 0 Å². The lowest BCUT2D eigenvalue weighted by Gasteiger charge is -2.02. The molecule has 0 saturated heterocycles. The van der Waals surface area contributed by atoms with E-state index >= 15 is 0 Å². The van der Waals surface area contributed by atoms with E-state index in [0.717, 1.165) is 43.4 Å². The summed E-state index contributed by atoms with van der Waals surface area (Å²) >= 11 is 0. The van der Waals surface area contributed by atoms with Crippen molar-refractivity contribution in [2.75, 3.05) is 0 Å². The number of fused-ring (bicyclic) bond motifs is 1. The van der Waals surface area contributed by atoms with Gasteiger partial charge < -0.3 is 4.98 Å². The van der Waals surface area contributed by atoms with E-state index in [1.165, 1.54) is 0 Å². The zero-order valence-electron chi connectivity index (χ0n) is 7.88. The summed E-state index contributed by atoms with van der Waals surface area (Å²) < 4.78 is 0. The molecule has 74 valence electrons. The third-order valence-electron chi connectivity index (χ3n) is 2.57. The Morgan fingerprint density at radius 1 is 1.21 bits per heavy atom. The first-order chi connectivity index (χ1) is 6.81. The van der Waals surface area contributed by atoms with E-state index in [0.29, 0.717) is 6.29 Å². The number of carbonyl (C=O) groups is 1. The lowest BCUT2D eigenvalue weighted by Crippen LogP contribution is -2.19. The largest absolute Gasteiger partial charge is 0.304 e. The first-order valence-corrected chi connectivity index (χ1v) is 4.88. The molecule has 0 spiro atoms. The molecule has 0 aromatic carbocycles. The lowest BCUT2D eigenvalue weighted by molar-refractivity contribution is 0.111. The molecule has 1 aliphatic rings. The Labute approximate surface area is 81.4 Å². The van der Waals surface area contributed by atoms with Crippen LogP contribution in [-0.4, -0.2) is 16.3 Å². The van der Waals surface area contributed by atoms with Crippen LogP contribution in [0.15, 0.2) is 4.79 Å². The summed E-state index contributed by atoms with van der Waals surface area (Å²) in [5, 5.41) is 0. The summed E-state index contributed by atoms with van der Waals surface area (Å²) in [4.78, 5) is 28.6. The van der Waals surface area contributed by atoms with E-state index in [9.17, 15) is 9.59 Å². The summed E-state index contributed by atoms with van der Waals surface area (Å²) in [5.41, 5.74) is 1.44. The molecule has 2 rings (SSSR count). The van der Waals surface area contributed by atoms with E-state index in [2.05, 4.69) is 9.97 Å². The Morgan fingerprint density at radius 3 is 2.79 bits per heavy atom. The standard InChI is InChI=1S/C10H12N2O2/c13-6-9-11-8-5-3-1-2-4-7(8)10(14)12-9/h6H,1-5H2,(H,11,12,14). The molecule has 1 N–H and O–H groups in total. The number of aldehydes is 1. The number of nitrogens with zero attached hydrogens (tertiary/aromatic N) is 1. The Kier molecular flexibility index (Phi) is 2.43. The minimum Gasteiger partial charge on any atom is -0.304 e. The number of hydrogen-bond acceptors (Lipinski definition) is 3. The van der Waals surface area contributed by atoms with Crippen LogP contribution >= 0.6 is 0 Å². The van der Waals surface area contributed by atoms with Crippen LogP contribution in [0.4, 0.5) is 0 Å². The van der Waals surface area contributed by atoms with E-state index in [1.54, 1.807) is 0 Å². The number of hydrogen-bond donors (Lipinski definition) is 1. The van der Waals surface area contributed by atoms with Gasteiger partial charge in [0, 0.05) is 5.56 Å². The van der Waals surface area contributed by atoms with Gasteiger partial charge in [0.05, 0.1) is 5.69 Å². The maximum atomic E-state index is 11.5. The van der Waals surface area contributed by atoms with Crippen molar-refractivity contribution in [3.8, 4) is 0 Å². The van der Waals surface area contributed by atoms with Crippen LogP contribution in [-0.2, 0) is 12.8 Å². The van der Waals surface area contributed by atoms with Gasteiger partial charge in [0.1, 0.15) is 0 Å². The van der Waals surface area contributed by atoms with Gasteiger partial charge in [-0.25, -0.2) is 4.98 Å². The van der Waals surface area contributed by atoms with Crippen molar-refractivity contribution < 1.29 is 4.79 Å². The van der Waals surface area contributed by atoms with Crippen LogP contribution in [0.1, 0.15) is 41.1 Å². The van der Waals surface area contributed by atoms with E-state index < -0.39 is 0 Å². The summed E-state index contributed by atoms with van der Waals surface area (Å²) in [6, 6.07) is 0. The van der Waals surface area contributed by atoms with E-state index in [4.69, 9.17) is 0 Å². The van der Waals surface area contributed by atoms with E-state index in [-0.39, 0.29) is 11.4 Å². The molecule has 14 heavy (non-hydrogen) atoms. The number of carbonyl (C=O) groups excluding carboxylic acids is 1. The molecule has 1 heterocycles. The van der Waals surface area contributed by atoms with Crippen LogP contribution in [0.3, 0.4) is 0 Å². The van der Waals surface area contributed by atoms with Gasteiger partial charge >= 0.3 is 0 Å². The average molecular weight is 192 g/mol. The van der Waals surface area contributed by atoms with Gasteiger partial charge in [-0.3, -0.25) is 9.59 Å². The highest BCUT2D eigenvalue weighted by Crippen LogP contribution is 2.15. The van der Waals surface area contributed by atoms with Crippen molar-refractivity contribution >= 4 is 6.29 Å². The zero-order valence-corrected chi connectivity index (χ0v) is 7.88. The summed E-state index contributed by atoms with van der Waals surface area (Å²) in [5.74, 6) is 0.149. The van der Waals surface area contributed by atoms with Crippen molar-refractivity contribution in [3.05, 3.63) is 27.4 Å². The van der Waals surface area contributed by atoms with Crippen molar-refractivity contribution in [3.63, 3.8) is 0 Å². The van der Waals surface area contributed by atoms with Crippen molar-refractivity contribution in [2.45, 2.75) is 32.1 Å². The maximum absolute atomic E-state index is 11.5. The smallest absolute Gasteiger partial charge is 0.254 e. The molecular formula is C10H12N2O2. The molecule has 0 saturated carbocycles. The molecule has 0 radical (unpaired) electrons. The highest BCUT2D eigenvalue weighted by molar-refractivity contribution is 5.68. The summed E-state index contributed by atoms with van der Waals surface area (Å²) in [6.07, 6.45) is 5.43. The maximum Gasteiger partial charge on any atom is 0.254 e. The third-order valence-corrected chi connectivity index (χ3v) is 2.57. The normalized spacial score (nSPS) is 15.7. The lowest BCUT2D eigenvalue weighted by atomic mass is 10.1. The second-order valence-electron chi connectivity index (χ2n) is 3.55. The number of H-pyrrole nitrogens is 1. The van der Waals surface area contributed by atoms with Gasteiger partial charge in [-0.15, -0.1) is 0 Å². The molecule has 0 unspecified atom stereocenters. The molecule has 4 heteroatoms. The number of aryl methyl sites for hydroxylation is 1. The summed E-state index contributed by atoms with van der Waals surface area (Å²) in [7, 11) is 0. The van der Waals surface area contributed by atoms with Gasteiger partial charge in [0.15, 0.2) is 12.1 Å². The van der Waals surface area contributed by atoms with Crippen molar-refractivity contribution in [1.82, 2.24) is 9.97 Å². The predicted molar refractivity (Wildman–Crippen MR) is 51.5 cm³/mol. The Bertz CT molecular complexity index is 409. The molecule has 0 atom stereocenters. The first-order valence-electron chi connectivity index (χ1n) is 4.88. The molecule has 1 aliphatic carbocycles. The highest BCUT2D eigenvalue weighted by Gasteiger charge is 2.13. The topological polar surface area (TPSA) is 62.8 Å². The molecule has 0 bridgehead atoms. The zero-order chi connectivity index (χ0) is 9.97. The predicted octanol–water partition coefficient (Wildman–Crippen LogP) is 0.851. The van der Waals surface area contributed by atoms with E-state index in [1.807, 2.05) is 0 Å². The number of aromatic amines is 1. The molecule has 1 aromatic heterocycles. The second-order valence-corrected chi connectivity index (χ2v) is 3.55. The Balaban J connectivity index is 2.54. The van der Waals surface area contributed by atoms with Gasteiger partial charge in [0.25, 0.3) is 5.56 Å². The molecule has 0 aliphatic heterocycles. The van der Waals surface area contributed by atoms with Crippen LogP contribution in [0.25, 0.3) is 0 Å². The van der Waals surface area contributed by atoms with Crippen LogP contribution < -0.4 is 5.56 Å². The molecular weight excluding hydrogens is 180 g/mol. The van der Waals surface area contributed by atoms with Crippen molar-refractivity contribution in [2.24, 2.45) is 0 Å². The van der Waals surface area contributed by atoms with Gasteiger partial charge in [-0.05, 0) is 25.7 Å². The van der Waals surface area contributed by atoms with Crippen LogP contribution in [0.2, 0.25) is 0 Å². The fraction of sp³-hybridized carbons (Fsp3) is 0.500. The Morgan fingerprint density at radius 2 is 2.00 bits per heavy atom. The fourth-order valence-corrected chi connectivity index (χ4v) is 1.86. The number of aromatic nitrogens is 2. The SMILES string of the molecule is O=Cc1nc2c(c(=O)[nH]1)CCCCC2. The third kappa shape index (κ3) is 1.60. The molecule has 0 amide bonds. The molecule has 4 nitrogen and oxygen atoms in total. The fourth-order valence-electron chi connectivity index (χ4n) is 1.86. The summed E-state index contributed by atoms with van der Waals surface area (Å²) in [6.45, 7) is 0. The quantitative estimate of drug-likeness (QED) is 0.530. The number of nitrogens with one attached hydrogen (secondary N) is 1. The highest BCUT2D eigenvalue weighted by atomic mass is 16.1. The van der Waals surface area contributed by atoms with Crippen molar-refractivity contribution in [1.29, 1.82) is 0 Å². The minimum absolute atomic E-state index is 0.140. The van der Waals surface area contributed by atoms with Gasteiger partial charge in [-0.2, -0.15) is 0 Å². The Hall–Kier alpha value is -1.45. The van der Waals surface area contributed by atoms with Gasteiger partial charge in [0.2, 0.25) is 0 Å². The second kappa shape index (κ2) is 3.74. The minimum atomic E-state index is -0.140. The monoisotopic (exact) mass is 192 g/mol. The van der Waals surface area contributed by atoms with Gasteiger partial charge in [-0.1, -0.05) is 6.42 Å². The van der Waals surface area contributed by atoms with Crippen LogP contribution in [0, 0.1) is 0 Å². The molecule has 1 aromatic rings.